The molecule has 1 aliphatic carbocycles. The van der Waals surface area contributed by atoms with E-state index in [0.717, 1.165) is 43.3 Å². The summed E-state index contributed by atoms with van der Waals surface area (Å²) in [4.78, 5) is 29.6. The lowest BCUT2D eigenvalue weighted by Gasteiger charge is -2.33. The summed E-state index contributed by atoms with van der Waals surface area (Å²) in [5.41, 5.74) is 20.7. The van der Waals surface area contributed by atoms with Gasteiger partial charge in [0.2, 0.25) is 0 Å². The molecular formula is C97H132N2S7. The number of aromatic nitrogens is 2. The molecule has 572 valence electrons. The van der Waals surface area contributed by atoms with Crippen molar-refractivity contribution in [3.8, 4) is 80.9 Å². The van der Waals surface area contributed by atoms with Gasteiger partial charge in [0.25, 0.3) is 0 Å². The van der Waals surface area contributed by atoms with Gasteiger partial charge < -0.3 is 0 Å². The largest absolute Gasteiger partial charge is 0.235 e. The highest BCUT2D eigenvalue weighted by atomic mass is 32.1. The Morgan fingerprint density at radius 1 is 0.302 bits per heavy atom. The molecule has 2 aromatic carbocycles. The van der Waals surface area contributed by atoms with E-state index >= 15 is 0 Å². The van der Waals surface area contributed by atoms with Crippen molar-refractivity contribution in [1.82, 2.24) is 9.97 Å². The normalized spacial score (nSPS) is 12.7. The fraction of sp³-hybridized carbons (Fsp3) is 0.567. The molecule has 106 heavy (non-hydrogen) atoms. The fourth-order valence-corrected chi connectivity index (χ4v) is 26.1. The number of thiophene rings is 7. The maximum absolute atomic E-state index is 5.34. The van der Waals surface area contributed by atoms with Crippen LogP contribution in [0.1, 0.15) is 354 Å². The minimum absolute atomic E-state index is 0.0861. The molecular weight excluding hydrogens is 1420 g/mol. The molecule has 0 amide bonds. The maximum atomic E-state index is 5.34. The van der Waals surface area contributed by atoms with Crippen LogP contribution >= 0.6 is 79.4 Å². The highest BCUT2D eigenvalue weighted by molar-refractivity contribution is 7.29. The van der Waals surface area contributed by atoms with Crippen molar-refractivity contribution in [3.05, 3.63) is 139 Å². The third-order valence-corrected chi connectivity index (χ3v) is 32.1. The van der Waals surface area contributed by atoms with Gasteiger partial charge in [0.05, 0.1) is 21.0 Å². The second-order valence-electron chi connectivity index (χ2n) is 31.9. The van der Waals surface area contributed by atoms with Crippen molar-refractivity contribution in [3.63, 3.8) is 0 Å². The van der Waals surface area contributed by atoms with Gasteiger partial charge in [-0.2, -0.15) is 0 Å². The Morgan fingerprint density at radius 2 is 0.651 bits per heavy atom. The van der Waals surface area contributed by atoms with Gasteiger partial charge in [-0.15, -0.1) is 79.4 Å². The zero-order chi connectivity index (χ0) is 74.0. The molecule has 0 fully saturated rings. The number of fused-ring (bicyclic) bond motifs is 4. The summed E-state index contributed by atoms with van der Waals surface area (Å²) in [5, 5.41) is 3.63. The van der Waals surface area contributed by atoms with E-state index in [4.69, 9.17) is 9.97 Å². The van der Waals surface area contributed by atoms with Gasteiger partial charge in [-0.3, -0.25) is 0 Å². The summed E-state index contributed by atoms with van der Waals surface area (Å²) in [5.74, 6) is 0. The summed E-state index contributed by atoms with van der Waals surface area (Å²) in [6.45, 7) is 23.5. The molecule has 2 nitrogen and oxygen atoms in total. The zero-order valence-corrected chi connectivity index (χ0v) is 73.2. The molecule has 0 spiro atoms. The van der Waals surface area contributed by atoms with Crippen molar-refractivity contribution in [2.45, 2.75) is 357 Å². The first kappa shape index (κ1) is 82.6. The number of aryl methyl sites for hydroxylation is 8. The van der Waals surface area contributed by atoms with Crippen molar-refractivity contribution in [2.24, 2.45) is 0 Å². The van der Waals surface area contributed by atoms with Crippen LogP contribution in [0.4, 0.5) is 0 Å². The lowest BCUT2D eigenvalue weighted by molar-refractivity contribution is 0.398. The molecule has 11 rings (SSSR count). The summed E-state index contributed by atoms with van der Waals surface area (Å²) in [6, 6.07) is 31.1. The van der Waals surface area contributed by atoms with Crippen molar-refractivity contribution < 1.29 is 0 Å². The molecule has 0 atom stereocenters. The summed E-state index contributed by atoms with van der Waals surface area (Å²) < 4.78 is 0. The fourth-order valence-electron chi connectivity index (χ4n) is 17.2. The summed E-state index contributed by atoms with van der Waals surface area (Å²) >= 11 is 14.4. The van der Waals surface area contributed by atoms with Crippen LogP contribution in [0.5, 0.6) is 0 Å². The van der Waals surface area contributed by atoms with Gasteiger partial charge in [0, 0.05) is 69.8 Å². The number of unbranched alkanes of at least 4 members (excludes halogenated alkanes) is 28. The van der Waals surface area contributed by atoms with E-state index in [1.54, 1.807) is 38.9 Å². The third-order valence-electron chi connectivity index (χ3n) is 23.2. The van der Waals surface area contributed by atoms with Crippen LogP contribution in [0.15, 0.2) is 84.5 Å². The Kier molecular flexibility index (Phi) is 33.5. The lowest BCUT2D eigenvalue weighted by Crippen LogP contribution is -2.25. The Morgan fingerprint density at radius 3 is 1.11 bits per heavy atom. The van der Waals surface area contributed by atoms with Crippen LogP contribution in [0.2, 0.25) is 0 Å². The van der Waals surface area contributed by atoms with E-state index in [1.807, 2.05) is 40.3 Å². The van der Waals surface area contributed by atoms with Crippen LogP contribution in [0.25, 0.3) is 91.8 Å². The molecule has 0 N–H and O–H groups in total. The van der Waals surface area contributed by atoms with Crippen molar-refractivity contribution in [1.29, 1.82) is 0 Å². The van der Waals surface area contributed by atoms with Gasteiger partial charge in [-0.1, -0.05) is 284 Å². The van der Waals surface area contributed by atoms with Gasteiger partial charge >= 0.3 is 0 Å². The van der Waals surface area contributed by atoms with Gasteiger partial charge in [0.15, 0.2) is 0 Å². The highest BCUT2D eigenvalue weighted by Crippen LogP contribution is 2.58. The van der Waals surface area contributed by atoms with Crippen molar-refractivity contribution in [2.75, 3.05) is 0 Å². The molecule has 0 radical (unpaired) electrons. The van der Waals surface area contributed by atoms with Gasteiger partial charge in [-0.25, -0.2) is 9.97 Å². The number of hydrogen-bond acceptors (Lipinski definition) is 9. The Labute approximate surface area is 672 Å². The van der Waals surface area contributed by atoms with Crippen LogP contribution in [0.3, 0.4) is 0 Å². The molecule has 9 heteroatoms. The maximum Gasteiger partial charge on any atom is 0.116 e. The average molecular weight is 1550 g/mol. The summed E-state index contributed by atoms with van der Waals surface area (Å²) in [6.07, 6.45) is 57.9. The minimum atomic E-state index is 0.0861. The number of nitrogens with zero attached hydrogens (tertiary/aromatic N) is 2. The van der Waals surface area contributed by atoms with Crippen molar-refractivity contribution >= 4 is 90.3 Å². The number of benzene rings is 2. The van der Waals surface area contributed by atoms with E-state index in [-0.39, 0.29) is 5.41 Å². The first-order chi connectivity index (χ1) is 52.1. The van der Waals surface area contributed by atoms with E-state index < -0.39 is 0 Å². The molecule has 1 aliphatic rings. The molecule has 0 bridgehead atoms. The van der Waals surface area contributed by atoms with Gasteiger partial charge in [-0.05, 0) is 207 Å². The van der Waals surface area contributed by atoms with Crippen LogP contribution in [-0.4, -0.2) is 9.97 Å². The van der Waals surface area contributed by atoms with E-state index in [0.29, 0.717) is 0 Å². The monoisotopic (exact) mass is 1550 g/mol. The first-order valence-corrected chi connectivity index (χ1v) is 49.1. The highest BCUT2D eigenvalue weighted by Gasteiger charge is 2.42. The second-order valence-corrected chi connectivity index (χ2v) is 39.3. The molecule has 0 saturated heterocycles. The Hall–Kier alpha value is -4.32. The molecule has 10 aromatic rings. The number of hydrogen-bond donors (Lipinski definition) is 0. The summed E-state index contributed by atoms with van der Waals surface area (Å²) in [7, 11) is 0. The topological polar surface area (TPSA) is 25.8 Å². The molecule has 0 saturated carbocycles. The molecule has 0 unspecified atom stereocenters. The quantitative estimate of drug-likeness (QED) is 0.0355. The van der Waals surface area contributed by atoms with Crippen LogP contribution in [0, 0.1) is 13.8 Å². The molecule has 8 aromatic heterocycles. The standard InChI is InChI=1S/C97H132N2S7/c1-11-19-27-35-37-45-57-97(58-46-38-36-28-20-12-2)81-55-53-69(9)59-78(81)79-61-71(54-56-82(79)97)83-62-73(48-40-30-22-14-4)91(102-83)86-65-76(51-43-33-25-17-7)93(105-86)92-74(49-41-31-23-15-5)63-84(103-92)88-80-67-100-96(89(80)99-68-98-88)87-66-77(52-44-34-26-18-8)95(106-87)94-75(50-42-32-24-16-6)64-85(104-94)90-72(60-70(10)101-90)47-39-29-21-13-3/h53-56,59-68H,11-52,57-58H2,1-10H3. The lowest BCUT2D eigenvalue weighted by atomic mass is 9.70. The smallest absolute Gasteiger partial charge is 0.116 e. The van der Waals surface area contributed by atoms with Crippen LogP contribution < -0.4 is 0 Å². The van der Waals surface area contributed by atoms with E-state index in [2.05, 4.69) is 193 Å². The zero-order valence-electron chi connectivity index (χ0n) is 67.4. The first-order valence-electron chi connectivity index (χ1n) is 43.3. The van der Waals surface area contributed by atoms with Gasteiger partial charge in [0.1, 0.15) is 6.33 Å². The van der Waals surface area contributed by atoms with E-state index in [1.165, 1.54) is 347 Å². The average Bonchev–Trinajstić information content (AvgIpc) is 1.56. The Bertz CT molecular complexity index is 4260. The molecule has 8 heterocycles. The molecule has 0 aliphatic heterocycles. The van der Waals surface area contributed by atoms with Crippen LogP contribution in [-0.2, 0) is 43.9 Å². The third kappa shape index (κ3) is 21.1. The predicted octanol–water partition coefficient (Wildman–Crippen LogP) is 34.9. The second kappa shape index (κ2) is 42.9. The predicted molar refractivity (Wildman–Crippen MR) is 481 cm³/mol. The minimum Gasteiger partial charge on any atom is -0.235 e. The Balaban J connectivity index is 0.977. The SMILES string of the molecule is CCCCCCCCC1(CCCCCCCC)c2ccc(C)cc2-c2cc(-c3cc(CCCCCC)c(-c4cc(CCCCCC)c(-c5sc(-c6ncnc7c(-c8cc(CCCCCC)c(-c9sc(-c%10sc(C)cc%10CCCCCC)cc9CCCCCC)s8)scc67)cc5CCCCCC)s4)s3)ccc21. The number of rotatable bonds is 51. The van der Waals surface area contributed by atoms with E-state index in [9.17, 15) is 0 Å².